The van der Waals surface area contributed by atoms with Crippen LogP contribution in [0.2, 0.25) is 0 Å². The molecule has 8 heteroatoms. The molecule has 34 heavy (non-hydrogen) atoms. The number of rotatable bonds is 11. The average Bonchev–Trinajstić information content (AvgIpc) is 2.88. The minimum atomic E-state index is -0.586. The van der Waals surface area contributed by atoms with Crippen molar-refractivity contribution in [3.05, 3.63) is 53.6 Å². The third kappa shape index (κ3) is 6.63. The molecule has 1 amide bonds. The van der Waals surface area contributed by atoms with Crippen LogP contribution in [0.5, 0.6) is 17.2 Å². The molecule has 0 aromatic heterocycles. The molecule has 1 atom stereocenters. The molecule has 1 fully saturated rings. The quantitative estimate of drug-likeness (QED) is 0.367. The maximum absolute atomic E-state index is 13.1. The van der Waals surface area contributed by atoms with Gasteiger partial charge in [-0.05, 0) is 42.5 Å². The lowest BCUT2D eigenvalue weighted by Crippen LogP contribution is -2.49. The van der Waals surface area contributed by atoms with Crippen LogP contribution < -0.4 is 14.2 Å². The summed E-state index contributed by atoms with van der Waals surface area (Å²) in [5.74, 6) is 0.900. The molecule has 2 aromatic carbocycles. The molecule has 1 heterocycles. The Labute approximate surface area is 200 Å². The maximum atomic E-state index is 13.1. The molecule has 2 aromatic rings. The molecule has 0 N–H and O–H groups in total. The second kappa shape index (κ2) is 12.8. The van der Waals surface area contributed by atoms with Gasteiger partial charge < -0.3 is 28.6 Å². The predicted octanol–water partition coefficient (Wildman–Crippen LogP) is 3.40. The van der Waals surface area contributed by atoms with Crippen molar-refractivity contribution in [3.8, 4) is 17.2 Å². The molecule has 1 aliphatic rings. The van der Waals surface area contributed by atoms with Crippen LogP contribution in [0.1, 0.15) is 30.4 Å². The first kappa shape index (κ1) is 25.4. The average molecular weight is 472 g/mol. The smallest absolute Gasteiger partial charge is 0.328 e. The fraction of sp³-hybridized carbons (Fsp3) is 0.462. The molecule has 1 aliphatic heterocycles. The Morgan fingerprint density at radius 1 is 0.912 bits per heavy atom. The van der Waals surface area contributed by atoms with Gasteiger partial charge in [0.2, 0.25) is 11.7 Å². The van der Waals surface area contributed by atoms with E-state index in [9.17, 15) is 9.59 Å². The Bertz CT molecular complexity index is 922. The zero-order valence-corrected chi connectivity index (χ0v) is 20.1. The van der Waals surface area contributed by atoms with Crippen LogP contribution in [0.15, 0.2) is 42.5 Å². The zero-order valence-electron chi connectivity index (χ0n) is 20.1. The van der Waals surface area contributed by atoms with Crippen LogP contribution in [-0.2, 0) is 32.1 Å². The van der Waals surface area contributed by atoms with E-state index in [1.807, 2.05) is 30.3 Å². The van der Waals surface area contributed by atoms with E-state index in [2.05, 4.69) is 0 Å². The molecule has 1 unspecified atom stereocenters. The number of esters is 1. The number of methoxy groups -OCH3 is 3. The monoisotopic (exact) mass is 471 g/mol. The van der Waals surface area contributed by atoms with Crippen molar-refractivity contribution in [2.45, 2.75) is 38.3 Å². The third-order valence-electron chi connectivity index (χ3n) is 5.76. The lowest BCUT2D eigenvalue weighted by Gasteiger charge is -2.34. The summed E-state index contributed by atoms with van der Waals surface area (Å²) < 4.78 is 27.1. The van der Waals surface area contributed by atoms with E-state index in [1.54, 1.807) is 17.0 Å². The van der Waals surface area contributed by atoms with Gasteiger partial charge in [0.1, 0.15) is 12.6 Å². The summed E-state index contributed by atoms with van der Waals surface area (Å²) in [7, 11) is 4.59. The van der Waals surface area contributed by atoms with E-state index in [0.29, 0.717) is 49.0 Å². The van der Waals surface area contributed by atoms with Crippen molar-refractivity contribution in [3.63, 3.8) is 0 Å². The van der Waals surface area contributed by atoms with Gasteiger partial charge in [-0.3, -0.25) is 4.79 Å². The highest BCUT2D eigenvalue weighted by atomic mass is 16.6. The minimum Gasteiger partial charge on any atom is -0.493 e. The van der Waals surface area contributed by atoms with Crippen molar-refractivity contribution in [1.29, 1.82) is 0 Å². The Hall–Kier alpha value is -3.26. The van der Waals surface area contributed by atoms with Gasteiger partial charge in [0.15, 0.2) is 11.5 Å². The highest BCUT2D eigenvalue weighted by Crippen LogP contribution is 2.38. The minimum absolute atomic E-state index is 0.112. The number of hydrogen-bond acceptors (Lipinski definition) is 7. The van der Waals surface area contributed by atoms with E-state index in [-0.39, 0.29) is 24.9 Å². The molecule has 8 nitrogen and oxygen atoms in total. The molecule has 3 rings (SSSR count). The molecule has 0 saturated carbocycles. The Morgan fingerprint density at radius 3 is 2.26 bits per heavy atom. The van der Waals surface area contributed by atoms with E-state index in [0.717, 1.165) is 18.4 Å². The number of piperidine rings is 1. The van der Waals surface area contributed by atoms with Crippen molar-refractivity contribution in [2.24, 2.45) is 0 Å². The molecule has 1 saturated heterocycles. The molecular formula is C26H33NO7. The van der Waals surface area contributed by atoms with E-state index >= 15 is 0 Å². The van der Waals surface area contributed by atoms with Gasteiger partial charge in [0, 0.05) is 6.54 Å². The topological polar surface area (TPSA) is 83.5 Å². The van der Waals surface area contributed by atoms with Gasteiger partial charge in [-0.15, -0.1) is 0 Å². The summed E-state index contributed by atoms with van der Waals surface area (Å²) in [6.45, 7) is 1.43. The van der Waals surface area contributed by atoms with Crippen molar-refractivity contribution in [2.75, 3.05) is 41.1 Å². The predicted molar refractivity (Wildman–Crippen MR) is 126 cm³/mol. The highest BCUT2D eigenvalue weighted by molar-refractivity contribution is 5.86. The SMILES string of the molecule is COc1cc(CC(=O)N2CCCCC2C(=O)OCCOCc2ccccc2)cc(OC)c1OC. The molecule has 0 spiro atoms. The highest BCUT2D eigenvalue weighted by Gasteiger charge is 2.33. The fourth-order valence-electron chi connectivity index (χ4n) is 4.05. The molecular weight excluding hydrogens is 438 g/mol. The van der Waals surface area contributed by atoms with Crippen LogP contribution in [0.3, 0.4) is 0 Å². The molecule has 184 valence electrons. The number of amides is 1. The summed E-state index contributed by atoms with van der Waals surface area (Å²) in [5.41, 5.74) is 1.77. The largest absolute Gasteiger partial charge is 0.493 e. The number of carbonyl (C=O) groups excluding carboxylic acids is 2. The van der Waals surface area contributed by atoms with Gasteiger partial charge in [-0.25, -0.2) is 4.79 Å². The fourth-order valence-corrected chi connectivity index (χ4v) is 4.05. The van der Waals surface area contributed by atoms with Crippen molar-refractivity contribution >= 4 is 11.9 Å². The van der Waals surface area contributed by atoms with Crippen LogP contribution in [0.4, 0.5) is 0 Å². The van der Waals surface area contributed by atoms with Crippen LogP contribution in [0.25, 0.3) is 0 Å². The third-order valence-corrected chi connectivity index (χ3v) is 5.76. The van der Waals surface area contributed by atoms with Crippen LogP contribution >= 0.6 is 0 Å². The van der Waals surface area contributed by atoms with E-state index in [1.165, 1.54) is 21.3 Å². The van der Waals surface area contributed by atoms with Crippen LogP contribution in [-0.4, -0.2) is 63.9 Å². The number of hydrogen-bond donors (Lipinski definition) is 0. The van der Waals surface area contributed by atoms with E-state index < -0.39 is 6.04 Å². The lowest BCUT2D eigenvalue weighted by molar-refractivity contribution is -0.158. The number of likely N-dealkylation sites (tertiary alicyclic amines) is 1. The normalized spacial score (nSPS) is 15.5. The molecule has 0 bridgehead atoms. The van der Waals surface area contributed by atoms with Gasteiger partial charge in [0.05, 0.1) is 41.0 Å². The van der Waals surface area contributed by atoms with Crippen LogP contribution in [0, 0.1) is 0 Å². The molecule has 0 radical (unpaired) electrons. The number of carbonyl (C=O) groups is 2. The van der Waals surface area contributed by atoms with Gasteiger partial charge in [-0.1, -0.05) is 30.3 Å². The second-order valence-corrected chi connectivity index (χ2v) is 8.01. The summed E-state index contributed by atoms with van der Waals surface area (Å²) in [6.07, 6.45) is 2.43. The van der Waals surface area contributed by atoms with Gasteiger partial charge >= 0.3 is 5.97 Å². The Morgan fingerprint density at radius 2 is 1.62 bits per heavy atom. The Kier molecular flexibility index (Phi) is 9.58. The van der Waals surface area contributed by atoms with Gasteiger partial charge in [0.25, 0.3) is 0 Å². The molecule has 0 aliphatic carbocycles. The van der Waals surface area contributed by atoms with Crippen molar-refractivity contribution < 1.29 is 33.3 Å². The number of ether oxygens (including phenoxy) is 5. The summed E-state index contributed by atoms with van der Waals surface area (Å²) >= 11 is 0. The van der Waals surface area contributed by atoms with E-state index in [4.69, 9.17) is 23.7 Å². The summed E-state index contributed by atoms with van der Waals surface area (Å²) in [6, 6.07) is 12.7. The number of benzene rings is 2. The summed E-state index contributed by atoms with van der Waals surface area (Å²) in [4.78, 5) is 27.5. The second-order valence-electron chi connectivity index (χ2n) is 8.01. The van der Waals surface area contributed by atoms with Gasteiger partial charge in [-0.2, -0.15) is 0 Å². The Balaban J connectivity index is 1.56. The zero-order chi connectivity index (χ0) is 24.3. The number of nitrogens with zero attached hydrogens (tertiary/aromatic N) is 1. The first-order valence-electron chi connectivity index (χ1n) is 11.4. The maximum Gasteiger partial charge on any atom is 0.328 e. The summed E-state index contributed by atoms with van der Waals surface area (Å²) in [5, 5.41) is 0. The first-order chi connectivity index (χ1) is 16.6. The first-order valence-corrected chi connectivity index (χ1v) is 11.4. The van der Waals surface area contributed by atoms with Crippen molar-refractivity contribution in [1.82, 2.24) is 4.90 Å². The lowest BCUT2D eigenvalue weighted by atomic mass is 10.0. The standard InChI is InChI=1S/C26H33NO7/c1-30-22-15-20(16-23(31-2)25(22)32-3)17-24(28)27-12-8-7-11-21(27)26(29)34-14-13-33-18-19-9-5-4-6-10-19/h4-6,9-10,15-16,21H,7-8,11-14,17-18H2,1-3H3.